The highest BCUT2D eigenvalue weighted by Gasteiger charge is 2.25. The Kier molecular flexibility index (Phi) is 6.09. The van der Waals surface area contributed by atoms with E-state index in [4.69, 9.17) is 0 Å². The quantitative estimate of drug-likeness (QED) is 0.676. The SMILES string of the molecule is O=C(NCCC1=CCCCC1)C(=O)N1CCN(c2ccccc2)CC1. The van der Waals surface area contributed by atoms with Gasteiger partial charge in [0.1, 0.15) is 0 Å². The van der Waals surface area contributed by atoms with E-state index < -0.39 is 11.8 Å². The molecule has 1 fully saturated rings. The molecule has 1 aromatic rings. The molecule has 0 radical (unpaired) electrons. The van der Waals surface area contributed by atoms with Crippen molar-refractivity contribution < 1.29 is 9.59 Å². The maximum atomic E-state index is 12.3. The predicted molar refractivity (Wildman–Crippen MR) is 99.4 cm³/mol. The Morgan fingerprint density at radius 2 is 1.76 bits per heavy atom. The molecule has 25 heavy (non-hydrogen) atoms. The molecular formula is C20H27N3O2. The number of carbonyl (C=O) groups excluding carboxylic acids is 2. The van der Waals surface area contributed by atoms with Crippen LogP contribution in [0.4, 0.5) is 5.69 Å². The lowest BCUT2D eigenvalue weighted by molar-refractivity contribution is -0.146. The van der Waals surface area contributed by atoms with Crippen molar-refractivity contribution in [1.82, 2.24) is 10.2 Å². The molecule has 5 heteroatoms. The highest BCUT2D eigenvalue weighted by molar-refractivity contribution is 6.35. The van der Waals surface area contributed by atoms with Gasteiger partial charge in [0.25, 0.3) is 0 Å². The maximum Gasteiger partial charge on any atom is 0.312 e. The summed E-state index contributed by atoms with van der Waals surface area (Å²) < 4.78 is 0. The average Bonchev–Trinajstić information content (AvgIpc) is 2.69. The highest BCUT2D eigenvalue weighted by atomic mass is 16.2. The fourth-order valence-corrected chi connectivity index (χ4v) is 3.49. The molecule has 1 N–H and O–H groups in total. The van der Waals surface area contributed by atoms with Crippen LogP contribution in [0.1, 0.15) is 32.1 Å². The van der Waals surface area contributed by atoms with Gasteiger partial charge < -0.3 is 15.1 Å². The molecule has 3 rings (SSSR count). The third-order valence-corrected chi connectivity index (χ3v) is 5.00. The number of hydrogen-bond acceptors (Lipinski definition) is 3. The van der Waals surface area contributed by atoms with Crippen LogP contribution in [0.3, 0.4) is 0 Å². The van der Waals surface area contributed by atoms with Crippen LogP contribution >= 0.6 is 0 Å². The van der Waals surface area contributed by atoms with Crippen molar-refractivity contribution in [3.8, 4) is 0 Å². The van der Waals surface area contributed by atoms with Crippen LogP contribution in [0.15, 0.2) is 42.0 Å². The zero-order valence-corrected chi connectivity index (χ0v) is 14.7. The number of nitrogens with one attached hydrogen (secondary N) is 1. The second kappa shape index (κ2) is 8.70. The molecule has 5 nitrogen and oxygen atoms in total. The van der Waals surface area contributed by atoms with E-state index in [1.54, 1.807) is 4.90 Å². The third-order valence-electron chi connectivity index (χ3n) is 5.00. The summed E-state index contributed by atoms with van der Waals surface area (Å²) >= 11 is 0. The predicted octanol–water partition coefficient (Wildman–Crippen LogP) is 2.34. The number of piperazine rings is 1. The Morgan fingerprint density at radius 1 is 1.00 bits per heavy atom. The number of amides is 2. The van der Waals surface area contributed by atoms with E-state index in [1.807, 2.05) is 18.2 Å². The largest absolute Gasteiger partial charge is 0.368 e. The van der Waals surface area contributed by atoms with E-state index in [0.29, 0.717) is 19.6 Å². The molecule has 2 aliphatic rings. The van der Waals surface area contributed by atoms with Crippen molar-refractivity contribution in [2.75, 3.05) is 37.6 Å². The van der Waals surface area contributed by atoms with Crippen LogP contribution < -0.4 is 10.2 Å². The van der Waals surface area contributed by atoms with Crippen LogP contribution in [0, 0.1) is 0 Å². The highest BCUT2D eigenvalue weighted by Crippen LogP contribution is 2.19. The molecule has 0 saturated carbocycles. The minimum Gasteiger partial charge on any atom is -0.368 e. The van der Waals surface area contributed by atoms with E-state index in [1.165, 1.54) is 24.1 Å². The Balaban J connectivity index is 1.41. The molecule has 2 amide bonds. The Morgan fingerprint density at radius 3 is 2.44 bits per heavy atom. The summed E-state index contributed by atoms with van der Waals surface area (Å²) in [6.07, 6.45) is 7.92. The third kappa shape index (κ3) is 4.84. The summed E-state index contributed by atoms with van der Waals surface area (Å²) in [5.41, 5.74) is 2.58. The van der Waals surface area contributed by atoms with Crippen molar-refractivity contribution in [2.24, 2.45) is 0 Å². The van der Waals surface area contributed by atoms with Crippen LogP contribution in [-0.2, 0) is 9.59 Å². The number of carbonyl (C=O) groups is 2. The number of anilines is 1. The van der Waals surface area contributed by atoms with Gasteiger partial charge in [-0.05, 0) is 44.2 Å². The number of allylic oxidation sites excluding steroid dienone is 1. The summed E-state index contributed by atoms with van der Waals surface area (Å²) in [4.78, 5) is 28.3. The molecule has 1 aromatic carbocycles. The smallest absolute Gasteiger partial charge is 0.312 e. The minimum absolute atomic E-state index is 0.398. The Labute approximate surface area is 149 Å². The number of rotatable bonds is 4. The standard InChI is InChI=1S/C20H27N3O2/c24-19(21-12-11-17-7-3-1-4-8-17)20(25)23-15-13-22(14-16-23)18-9-5-2-6-10-18/h2,5-7,9-10H,1,3-4,8,11-16H2,(H,21,24). The van der Waals surface area contributed by atoms with Crippen molar-refractivity contribution in [3.63, 3.8) is 0 Å². The van der Waals surface area contributed by atoms with E-state index in [-0.39, 0.29) is 0 Å². The number of para-hydroxylation sites is 1. The van der Waals surface area contributed by atoms with Gasteiger partial charge in [0, 0.05) is 38.4 Å². The summed E-state index contributed by atoms with van der Waals surface area (Å²) in [5, 5.41) is 2.79. The first-order valence-corrected chi connectivity index (χ1v) is 9.29. The van der Waals surface area contributed by atoms with Gasteiger partial charge >= 0.3 is 11.8 Å². The van der Waals surface area contributed by atoms with Gasteiger partial charge in [0.05, 0.1) is 0 Å². The van der Waals surface area contributed by atoms with E-state index in [2.05, 4.69) is 28.4 Å². The summed E-state index contributed by atoms with van der Waals surface area (Å²) in [6.45, 7) is 3.25. The molecule has 1 aliphatic heterocycles. The van der Waals surface area contributed by atoms with Gasteiger partial charge in [-0.25, -0.2) is 0 Å². The molecule has 0 atom stereocenters. The molecule has 0 aromatic heterocycles. The fraction of sp³-hybridized carbons (Fsp3) is 0.500. The summed E-state index contributed by atoms with van der Waals surface area (Å²) in [7, 11) is 0. The van der Waals surface area contributed by atoms with Gasteiger partial charge in [-0.2, -0.15) is 0 Å². The van der Waals surface area contributed by atoms with Crippen molar-refractivity contribution in [2.45, 2.75) is 32.1 Å². The molecule has 134 valence electrons. The van der Waals surface area contributed by atoms with Gasteiger partial charge in [0.15, 0.2) is 0 Å². The Bertz CT molecular complexity index is 619. The molecule has 0 bridgehead atoms. The number of hydrogen-bond donors (Lipinski definition) is 1. The Hall–Kier alpha value is -2.30. The van der Waals surface area contributed by atoms with Crippen molar-refractivity contribution in [3.05, 3.63) is 42.0 Å². The molecule has 0 unspecified atom stereocenters. The molecule has 1 aliphatic carbocycles. The fourth-order valence-electron chi connectivity index (χ4n) is 3.49. The first-order valence-electron chi connectivity index (χ1n) is 9.29. The second-order valence-corrected chi connectivity index (χ2v) is 6.73. The van der Waals surface area contributed by atoms with Gasteiger partial charge in [-0.3, -0.25) is 9.59 Å². The maximum absolute atomic E-state index is 12.3. The number of nitrogens with zero attached hydrogens (tertiary/aromatic N) is 2. The lowest BCUT2D eigenvalue weighted by Crippen LogP contribution is -2.52. The van der Waals surface area contributed by atoms with Crippen LogP contribution in [0.2, 0.25) is 0 Å². The van der Waals surface area contributed by atoms with E-state index >= 15 is 0 Å². The minimum atomic E-state index is -0.468. The first kappa shape index (κ1) is 17.5. The van der Waals surface area contributed by atoms with Crippen LogP contribution in [-0.4, -0.2) is 49.4 Å². The summed E-state index contributed by atoms with van der Waals surface area (Å²) in [6, 6.07) is 10.2. The second-order valence-electron chi connectivity index (χ2n) is 6.73. The van der Waals surface area contributed by atoms with E-state index in [9.17, 15) is 9.59 Å². The van der Waals surface area contributed by atoms with Crippen LogP contribution in [0.5, 0.6) is 0 Å². The molecular weight excluding hydrogens is 314 g/mol. The van der Waals surface area contributed by atoms with Gasteiger partial charge in [-0.1, -0.05) is 29.8 Å². The molecule has 1 heterocycles. The lowest BCUT2D eigenvalue weighted by Gasteiger charge is -2.35. The average molecular weight is 341 g/mol. The zero-order chi connectivity index (χ0) is 17.5. The van der Waals surface area contributed by atoms with Crippen LogP contribution in [0.25, 0.3) is 0 Å². The topological polar surface area (TPSA) is 52.7 Å². The first-order chi connectivity index (χ1) is 12.2. The molecule has 1 saturated heterocycles. The number of benzene rings is 1. The van der Waals surface area contributed by atoms with Gasteiger partial charge in [0.2, 0.25) is 0 Å². The van der Waals surface area contributed by atoms with Crippen molar-refractivity contribution >= 4 is 17.5 Å². The summed E-state index contributed by atoms with van der Waals surface area (Å²) in [5.74, 6) is -0.866. The normalized spacial score (nSPS) is 17.8. The van der Waals surface area contributed by atoms with E-state index in [0.717, 1.165) is 32.4 Å². The zero-order valence-electron chi connectivity index (χ0n) is 14.7. The van der Waals surface area contributed by atoms with Gasteiger partial charge in [-0.15, -0.1) is 0 Å². The molecule has 0 spiro atoms. The van der Waals surface area contributed by atoms with Crippen molar-refractivity contribution in [1.29, 1.82) is 0 Å². The monoisotopic (exact) mass is 341 g/mol. The lowest BCUT2D eigenvalue weighted by atomic mass is 9.97.